The van der Waals surface area contributed by atoms with Crippen LogP contribution in [0.1, 0.15) is 61.8 Å². The Balaban J connectivity index is 2.31. The first-order valence-corrected chi connectivity index (χ1v) is 10.5. The van der Waals surface area contributed by atoms with E-state index in [0.717, 1.165) is 12.1 Å². The molecular formula is C24H25ClF3N3O2. The number of hydrogen-bond acceptors (Lipinski definition) is 4. The van der Waals surface area contributed by atoms with Gasteiger partial charge in [-0.15, -0.1) is 0 Å². The lowest BCUT2D eigenvalue weighted by Gasteiger charge is -2.14. The van der Waals surface area contributed by atoms with Crippen molar-refractivity contribution in [2.75, 3.05) is 6.54 Å². The maximum absolute atomic E-state index is 13.2. The third-order valence-electron chi connectivity index (χ3n) is 3.96. The number of nitrogens with zero attached hydrogens (tertiary/aromatic N) is 2. The summed E-state index contributed by atoms with van der Waals surface area (Å²) in [6, 6.07) is 6.14. The average molecular weight is 480 g/mol. The second-order valence-electron chi connectivity index (χ2n) is 8.47. The molecule has 0 saturated carbocycles. The highest BCUT2D eigenvalue weighted by atomic mass is 35.5. The lowest BCUT2D eigenvalue weighted by molar-refractivity contribution is -0.137. The zero-order valence-electron chi connectivity index (χ0n) is 19.0. The van der Waals surface area contributed by atoms with Crippen LogP contribution in [-0.2, 0) is 11.0 Å². The number of aromatic nitrogens is 1. The van der Waals surface area contributed by atoms with Crippen LogP contribution in [0.2, 0.25) is 5.02 Å². The Morgan fingerprint density at radius 3 is 2.48 bits per heavy atom. The third-order valence-corrected chi connectivity index (χ3v) is 4.25. The summed E-state index contributed by atoms with van der Waals surface area (Å²) >= 11 is 6.38. The Kier molecular flexibility index (Phi) is 8.51. The topological polar surface area (TPSA) is 63.6 Å². The molecular weight excluding hydrogens is 455 g/mol. The van der Waals surface area contributed by atoms with E-state index in [0.29, 0.717) is 5.56 Å². The molecule has 1 N–H and O–H groups in total. The molecule has 9 heteroatoms. The Hall–Kier alpha value is -3.05. The molecule has 0 aliphatic rings. The Morgan fingerprint density at radius 2 is 1.91 bits per heavy atom. The first-order valence-electron chi connectivity index (χ1n) is 10.1. The summed E-state index contributed by atoms with van der Waals surface area (Å²) in [6.07, 6.45) is -3.44. The van der Waals surface area contributed by atoms with Gasteiger partial charge in [-0.05, 0) is 52.8 Å². The van der Waals surface area contributed by atoms with Gasteiger partial charge in [0.1, 0.15) is 17.5 Å². The zero-order valence-corrected chi connectivity index (χ0v) is 19.7. The van der Waals surface area contributed by atoms with E-state index in [2.05, 4.69) is 27.3 Å². The molecule has 0 saturated heterocycles. The van der Waals surface area contributed by atoms with Gasteiger partial charge in [0.2, 0.25) is 0 Å². The van der Waals surface area contributed by atoms with Crippen LogP contribution in [0.5, 0.6) is 0 Å². The first-order chi connectivity index (χ1) is 15.3. The van der Waals surface area contributed by atoms with Gasteiger partial charge in [-0.3, -0.25) is 9.78 Å². The molecule has 2 aromatic rings. The van der Waals surface area contributed by atoms with Crippen molar-refractivity contribution >= 4 is 23.2 Å². The van der Waals surface area contributed by atoms with E-state index in [9.17, 15) is 18.0 Å². The van der Waals surface area contributed by atoms with Crippen molar-refractivity contribution in [2.24, 2.45) is 10.6 Å². The molecule has 176 valence electrons. The fourth-order valence-electron chi connectivity index (χ4n) is 2.49. The van der Waals surface area contributed by atoms with E-state index in [-0.39, 0.29) is 34.5 Å². The maximum atomic E-state index is 13.2. The predicted molar refractivity (Wildman–Crippen MR) is 122 cm³/mol. The number of pyridine rings is 1. The summed E-state index contributed by atoms with van der Waals surface area (Å²) in [5.41, 5.74) is -0.769. The van der Waals surface area contributed by atoms with Gasteiger partial charge in [-0.1, -0.05) is 40.7 Å². The molecule has 1 aromatic heterocycles. The SMILES string of the molecule is CC(C)ON=C(CNC(=O)c1ccccc1C(F)(F)F)c1ncc(C#CC(C)(C)C)cc1Cl. The minimum Gasteiger partial charge on any atom is -0.393 e. The fraction of sp³-hybridized carbons (Fsp3) is 0.375. The van der Waals surface area contributed by atoms with Crippen molar-refractivity contribution in [1.82, 2.24) is 10.3 Å². The minimum absolute atomic E-state index is 0.155. The summed E-state index contributed by atoms with van der Waals surface area (Å²) in [6.45, 7) is 9.15. The lowest BCUT2D eigenvalue weighted by Crippen LogP contribution is -2.32. The van der Waals surface area contributed by atoms with Crippen molar-refractivity contribution in [1.29, 1.82) is 0 Å². The summed E-state index contributed by atoms with van der Waals surface area (Å²) in [7, 11) is 0. The number of oxime groups is 1. The molecule has 1 amide bonds. The van der Waals surface area contributed by atoms with E-state index in [4.69, 9.17) is 16.4 Å². The first kappa shape index (κ1) is 26.2. The van der Waals surface area contributed by atoms with Crippen LogP contribution in [-0.4, -0.2) is 29.3 Å². The van der Waals surface area contributed by atoms with E-state index >= 15 is 0 Å². The highest BCUT2D eigenvalue weighted by Crippen LogP contribution is 2.31. The number of rotatable bonds is 6. The molecule has 33 heavy (non-hydrogen) atoms. The molecule has 0 aliphatic carbocycles. The average Bonchev–Trinajstić information content (AvgIpc) is 2.71. The molecule has 1 aromatic carbocycles. The summed E-state index contributed by atoms with van der Waals surface area (Å²) < 4.78 is 39.7. The van der Waals surface area contributed by atoms with Crippen molar-refractivity contribution in [3.8, 4) is 11.8 Å². The molecule has 0 spiro atoms. The highest BCUT2D eigenvalue weighted by Gasteiger charge is 2.34. The largest absolute Gasteiger partial charge is 0.417 e. The maximum Gasteiger partial charge on any atom is 0.417 e. The van der Waals surface area contributed by atoms with Crippen LogP contribution >= 0.6 is 11.6 Å². The van der Waals surface area contributed by atoms with Gasteiger partial charge in [0.15, 0.2) is 0 Å². The van der Waals surface area contributed by atoms with Crippen LogP contribution in [0, 0.1) is 17.3 Å². The second-order valence-corrected chi connectivity index (χ2v) is 8.88. The van der Waals surface area contributed by atoms with Crippen LogP contribution < -0.4 is 5.32 Å². The van der Waals surface area contributed by atoms with Gasteiger partial charge >= 0.3 is 6.18 Å². The molecule has 0 unspecified atom stereocenters. The molecule has 0 fully saturated rings. The van der Waals surface area contributed by atoms with Crippen molar-refractivity contribution in [3.63, 3.8) is 0 Å². The van der Waals surface area contributed by atoms with Crippen molar-refractivity contribution in [2.45, 2.75) is 46.9 Å². The monoisotopic (exact) mass is 479 g/mol. The predicted octanol–water partition coefficient (Wildman–Crippen LogP) is 5.71. The lowest BCUT2D eigenvalue weighted by atomic mass is 9.97. The minimum atomic E-state index is -4.67. The second kappa shape index (κ2) is 10.7. The number of benzene rings is 1. The van der Waals surface area contributed by atoms with Crippen LogP contribution in [0.3, 0.4) is 0 Å². The summed E-state index contributed by atoms with van der Waals surface area (Å²) in [5, 5.41) is 6.66. The van der Waals surface area contributed by atoms with Gasteiger partial charge in [-0.2, -0.15) is 13.2 Å². The summed E-state index contributed by atoms with van der Waals surface area (Å²) in [5.74, 6) is 5.15. The number of nitrogens with one attached hydrogen (secondary N) is 1. The standard InChI is InChI=1S/C24H25ClF3N3O2/c1-15(2)33-31-20(21-19(25)12-16(13-29-21)10-11-23(3,4)5)14-30-22(32)17-8-6-7-9-18(17)24(26,27)28/h6-9,12-13,15H,14H2,1-5H3,(H,30,32). The van der Waals surface area contributed by atoms with Crippen LogP contribution in [0.25, 0.3) is 0 Å². The number of halogens is 4. The van der Waals surface area contributed by atoms with E-state index < -0.39 is 23.2 Å². The van der Waals surface area contributed by atoms with Crippen molar-refractivity contribution in [3.05, 3.63) is 63.9 Å². The molecule has 0 radical (unpaired) electrons. The number of carbonyl (C=O) groups is 1. The van der Waals surface area contributed by atoms with E-state index in [1.807, 2.05) is 20.8 Å². The molecule has 0 bridgehead atoms. The normalized spacial score (nSPS) is 12.2. The molecule has 1 heterocycles. The van der Waals surface area contributed by atoms with E-state index in [1.165, 1.54) is 18.3 Å². The van der Waals surface area contributed by atoms with Gasteiger partial charge in [0.25, 0.3) is 5.91 Å². The van der Waals surface area contributed by atoms with Crippen molar-refractivity contribution < 1.29 is 22.8 Å². The number of alkyl halides is 3. The molecule has 5 nitrogen and oxygen atoms in total. The van der Waals surface area contributed by atoms with Gasteiger partial charge < -0.3 is 10.2 Å². The zero-order chi connectivity index (χ0) is 24.8. The fourth-order valence-corrected chi connectivity index (χ4v) is 2.77. The number of carbonyl (C=O) groups excluding carboxylic acids is 1. The quantitative estimate of drug-likeness (QED) is 0.328. The Labute approximate surface area is 196 Å². The smallest absolute Gasteiger partial charge is 0.393 e. The van der Waals surface area contributed by atoms with Gasteiger partial charge in [0.05, 0.1) is 22.7 Å². The van der Waals surface area contributed by atoms with Gasteiger partial charge in [-0.25, -0.2) is 0 Å². The number of amides is 1. The molecule has 0 aliphatic heterocycles. The molecule has 0 atom stereocenters. The van der Waals surface area contributed by atoms with Crippen LogP contribution in [0.15, 0.2) is 41.7 Å². The highest BCUT2D eigenvalue weighted by molar-refractivity contribution is 6.34. The van der Waals surface area contributed by atoms with Gasteiger partial charge in [0, 0.05) is 17.2 Å². The molecule has 2 rings (SSSR count). The Morgan fingerprint density at radius 1 is 1.24 bits per heavy atom. The summed E-state index contributed by atoms with van der Waals surface area (Å²) in [4.78, 5) is 22.1. The van der Waals surface area contributed by atoms with E-state index in [1.54, 1.807) is 19.9 Å². The Bertz CT molecular complexity index is 1090. The number of hydrogen-bond donors (Lipinski definition) is 1. The third kappa shape index (κ3) is 8.10. The van der Waals surface area contributed by atoms with Crippen LogP contribution in [0.4, 0.5) is 13.2 Å².